The molecule has 1 N–H and O–H groups in total. The molecule has 0 heterocycles. The quantitative estimate of drug-likeness (QED) is 0.707. The molecular weight excluding hydrogens is 221 g/mol. The van der Waals surface area contributed by atoms with Gasteiger partial charge in [0.2, 0.25) is 0 Å². The minimum absolute atomic E-state index is 0.0118. The molecule has 17 heavy (non-hydrogen) atoms. The molecule has 4 heteroatoms. The van der Waals surface area contributed by atoms with Crippen molar-refractivity contribution >= 4 is 0 Å². The first kappa shape index (κ1) is 14.1. The molecule has 1 rings (SSSR count). The highest BCUT2D eigenvalue weighted by Crippen LogP contribution is 2.15. The normalized spacial score (nSPS) is 12.6. The summed E-state index contributed by atoms with van der Waals surface area (Å²) in [4.78, 5) is 0. The number of ether oxygens (including phenoxy) is 2. The number of nitrogens with one attached hydrogen (secondary N) is 1. The number of hydrogen-bond donors (Lipinski definition) is 1. The fraction of sp³-hybridized carbons (Fsp3) is 0.538. The molecule has 1 aromatic carbocycles. The molecule has 1 unspecified atom stereocenters. The van der Waals surface area contributed by atoms with Crippen molar-refractivity contribution in [3.63, 3.8) is 0 Å². The van der Waals surface area contributed by atoms with E-state index in [9.17, 15) is 4.39 Å². The van der Waals surface area contributed by atoms with Crippen molar-refractivity contribution in [1.82, 2.24) is 5.32 Å². The third-order valence-corrected chi connectivity index (χ3v) is 2.50. The van der Waals surface area contributed by atoms with Crippen LogP contribution in [0.15, 0.2) is 24.3 Å². The van der Waals surface area contributed by atoms with Gasteiger partial charge in [-0.2, -0.15) is 0 Å². The summed E-state index contributed by atoms with van der Waals surface area (Å²) in [6.45, 7) is 4.42. The maximum Gasteiger partial charge on any atom is 0.127 e. The number of benzene rings is 1. The predicted octanol–water partition coefficient (Wildman–Crippen LogP) is 2.14. The van der Waals surface area contributed by atoms with Crippen LogP contribution in [0.1, 0.15) is 18.5 Å². The fourth-order valence-corrected chi connectivity index (χ4v) is 1.53. The fourth-order valence-electron chi connectivity index (χ4n) is 1.53. The zero-order chi connectivity index (χ0) is 12.5. The molecule has 1 aromatic rings. The van der Waals surface area contributed by atoms with Gasteiger partial charge in [-0.15, -0.1) is 0 Å². The molecule has 0 amide bonds. The maximum absolute atomic E-state index is 13.4. The summed E-state index contributed by atoms with van der Waals surface area (Å²) in [5, 5.41) is 3.21. The Bertz CT molecular complexity index is 320. The third kappa shape index (κ3) is 5.26. The van der Waals surface area contributed by atoms with E-state index in [2.05, 4.69) is 5.32 Å². The first-order chi connectivity index (χ1) is 8.25. The highest BCUT2D eigenvalue weighted by atomic mass is 19.1. The van der Waals surface area contributed by atoms with Crippen LogP contribution in [-0.4, -0.2) is 33.5 Å². The Morgan fingerprint density at radius 1 is 1.24 bits per heavy atom. The molecule has 0 spiro atoms. The SMILES string of the molecule is COCCOCCNC(C)c1ccccc1F. The van der Waals surface area contributed by atoms with Crippen LogP contribution in [0.2, 0.25) is 0 Å². The minimum atomic E-state index is -0.173. The Balaban J connectivity index is 2.21. The average molecular weight is 241 g/mol. The Morgan fingerprint density at radius 2 is 2.00 bits per heavy atom. The summed E-state index contributed by atoms with van der Waals surface area (Å²) < 4.78 is 23.6. The van der Waals surface area contributed by atoms with Gasteiger partial charge in [0.15, 0.2) is 0 Å². The standard InChI is InChI=1S/C13H20FNO2/c1-11(12-5-3-4-6-13(12)14)15-7-8-17-10-9-16-2/h3-6,11,15H,7-10H2,1-2H3. The van der Waals surface area contributed by atoms with Crippen molar-refractivity contribution < 1.29 is 13.9 Å². The van der Waals surface area contributed by atoms with Crippen LogP contribution in [0.25, 0.3) is 0 Å². The zero-order valence-electron chi connectivity index (χ0n) is 10.4. The zero-order valence-corrected chi connectivity index (χ0v) is 10.4. The van der Waals surface area contributed by atoms with E-state index in [1.165, 1.54) is 6.07 Å². The second kappa shape index (κ2) is 8.17. The van der Waals surface area contributed by atoms with Crippen LogP contribution < -0.4 is 5.32 Å². The molecule has 0 saturated carbocycles. The topological polar surface area (TPSA) is 30.5 Å². The molecule has 0 fully saturated rings. The van der Waals surface area contributed by atoms with Gasteiger partial charge in [-0.25, -0.2) is 4.39 Å². The number of halogens is 1. The third-order valence-electron chi connectivity index (χ3n) is 2.50. The first-order valence-corrected chi connectivity index (χ1v) is 5.80. The number of rotatable bonds is 8. The summed E-state index contributed by atoms with van der Waals surface area (Å²) in [6, 6.07) is 6.79. The van der Waals surface area contributed by atoms with Crippen LogP contribution in [0.3, 0.4) is 0 Å². The van der Waals surface area contributed by atoms with Crippen LogP contribution >= 0.6 is 0 Å². The van der Waals surface area contributed by atoms with Gasteiger partial charge in [-0.05, 0) is 13.0 Å². The van der Waals surface area contributed by atoms with Crippen molar-refractivity contribution in [3.05, 3.63) is 35.6 Å². The van der Waals surface area contributed by atoms with E-state index in [1.807, 2.05) is 13.0 Å². The maximum atomic E-state index is 13.4. The van der Waals surface area contributed by atoms with Crippen LogP contribution in [0.4, 0.5) is 4.39 Å². The Morgan fingerprint density at radius 3 is 2.71 bits per heavy atom. The Hall–Kier alpha value is -0.970. The van der Waals surface area contributed by atoms with E-state index >= 15 is 0 Å². The first-order valence-electron chi connectivity index (χ1n) is 5.80. The van der Waals surface area contributed by atoms with E-state index in [4.69, 9.17) is 9.47 Å². The van der Waals surface area contributed by atoms with E-state index < -0.39 is 0 Å². The second-order valence-electron chi connectivity index (χ2n) is 3.80. The van der Waals surface area contributed by atoms with E-state index in [1.54, 1.807) is 19.2 Å². The summed E-state index contributed by atoms with van der Waals surface area (Å²) in [6.07, 6.45) is 0. The lowest BCUT2D eigenvalue weighted by Gasteiger charge is -2.14. The van der Waals surface area contributed by atoms with Crippen molar-refractivity contribution in [2.45, 2.75) is 13.0 Å². The molecule has 0 aliphatic heterocycles. The summed E-state index contributed by atoms with van der Waals surface area (Å²) >= 11 is 0. The van der Waals surface area contributed by atoms with E-state index in [0.717, 1.165) is 0 Å². The average Bonchev–Trinajstić information content (AvgIpc) is 2.34. The number of methoxy groups -OCH3 is 1. The molecule has 0 radical (unpaired) electrons. The Kier molecular flexibility index (Phi) is 6.77. The molecule has 96 valence electrons. The van der Waals surface area contributed by atoms with Gasteiger partial charge in [0.1, 0.15) is 5.82 Å². The minimum Gasteiger partial charge on any atom is -0.382 e. The molecule has 3 nitrogen and oxygen atoms in total. The van der Waals surface area contributed by atoms with Crippen LogP contribution in [-0.2, 0) is 9.47 Å². The van der Waals surface area contributed by atoms with Gasteiger partial charge in [0, 0.05) is 25.3 Å². The molecule has 0 aliphatic carbocycles. The smallest absolute Gasteiger partial charge is 0.127 e. The van der Waals surface area contributed by atoms with Gasteiger partial charge in [0.25, 0.3) is 0 Å². The van der Waals surface area contributed by atoms with Gasteiger partial charge in [0.05, 0.1) is 19.8 Å². The van der Waals surface area contributed by atoms with Crippen molar-refractivity contribution in [2.75, 3.05) is 33.5 Å². The van der Waals surface area contributed by atoms with Crippen molar-refractivity contribution in [3.8, 4) is 0 Å². The lowest BCUT2D eigenvalue weighted by molar-refractivity contribution is 0.0712. The molecule has 0 bridgehead atoms. The van der Waals surface area contributed by atoms with Crippen LogP contribution in [0, 0.1) is 5.82 Å². The highest BCUT2D eigenvalue weighted by Gasteiger charge is 2.08. The van der Waals surface area contributed by atoms with Gasteiger partial charge >= 0.3 is 0 Å². The molecule has 0 aliphatic rings. The predicted molar refractivity (Wildman–Crippen MR) is 65.5 cm³/mol. The lowest BCUT2D eigenvalue weighted by atomic mass is 10.1. The van der Waals surface area contributed by atoms with Gasteiger partial charge in [-0.1, -0.05) is 18.2 Å². The van der Waals surface area contributed by atoms with Crippen molar-refractivity contribution in [1.29, 1.82) is 0 Å². The molecule has 0 aromatic heterocycles. The monoisotopic (exact) mass is 241 g/mol. The van der Waals surface area contributed by atoms with Crippen molar-refractivity contribution in [2.24, 2.45) is 0 Å². The largest absolute Gasteiger partial charge is 0.382 e. The highest BCUT2D eigenvalue weighted by molar-refractivity contribution is 5.20. The molecular formula is C13H20FNO2. The van der Waals surface area contributed by atoms with E-state index in [-0.39, 0.29) is 11.9 Å². The lowest BCUT2D eigenvalue weighted by Crippen LogP contribution is -2.24. The summed E-state index contributed by atoms with van der Waals surface area (Å²) in [5.41, 5.74) is 0.685. The van der Waals surface area contributed by atoms with E-state index in [0.29, 0.717) is 31.9 Å². The van der Waals surface area contributed by atoms with Gasteiger partial charge < -0.3 is 14.8 Å². The molecule has 1 atom stereocenters. The van der Waals surface area contributed by atoms with Crippen LogP contribution in [0.5, 0.6) is 0 Å². The second-order valence-corrected chi connectivity index (χ2v) is 3.80. The van der Waals surface area contributed by atoms with Gasteiger partial charge in [-0.3, -0.25) is 0 Å². The number of hydrogen-bond acceptors (Lipinski definition) is 3. The summed E-state index contributed by atoms with van der Waals surface area (Å²) in [7, 11) is 1.64. The summed E-state index contributed by atoms with van der Waals surface area (Å²) in [5.74, 6) is -0.173. The Labute approximate surface area is 102 Å². The molecule has 0 saturated heterocycles.